The van der Waals surface area contributed by atoms with Gasteiger partial charge in [-0.05, 0) is 51.0 Å². The van der Waals surface area contributed by atoms with E-state index >= 15 is 0 Å². The molecule has 0 radical (unpaired) electrons. The number of nitrogens with zero attached hydrogens (tertiary/aromatic N) is 1. The van der Waals surface area contributed by atoms with Crippen LogP contribution in [0.1, 0.15) is 32.8 Å². The summed E-state index contributed by atoms with van der Waals surface area (Å²) in [6, 6.07) is 5.61. The Kier molecular flexibility index (Phi) is 5.01. The highest BCUT2D eigenvalue weighted by molar-refractivity contribution is 6.30. The second-order valence-electron chi connectivity index (χ2n) is 6.25. The van der Waals surface area contributed by atoms with Gasteiger partial charge in [-0.1, -0.05) is 17.7 Å². The van der Waals surface area contributed by atoms with Crippen molar-refractivity contribution in [2.45, 2.75) is 32.8 Å². The molecular weight excluding hydrogens is 302 g/mol. The smallest absolute Gasteiger partial charge is 0.410 e. The maximum atomic E-state index is 12.1. The van der Waals surface area contributed by atoms with Crippen molar-refractivity contribution >= 4 is 23.3 Å². The van der Waals surface area contributed by atoms with Crippen LogP contribution in [0.3, 0.4) is 0 Å². The Labute approximate surface area is 136 Å². The molecule has 1 heterocycles. The fourth-order valence-corrected chi connectivity index (χ4v) is 2.50. The predicted octanol–water partition coefficient (Wildman–Crippen LogP) is 4.37. The van der Waals surface area contributed by atoms with Crippen LogP contribution < -0.4 is 4.74 Å². The van der Waals surface area contributed by atoms with Crippen molar-refractivity contribution < 1.29 is 14.3 Å². The number of hydrogen-bond acceptors (Lipinski definition) is 3. The van der Waals surface area contributed by atoms with Crippen molar-refractivity contribution in [1.29, 1.82) is 0 Å². The fraction of sp³-hybridized carbons (Fsp3) is 0.471. The van der Waals surface area contributed by atoms with Crippen molar-refractivity contribution in [2.75, 3.05) is 20.2 Å². The standard InChI is InChI=1S/C17H22ClNO3/c1-17(2,3)22-16(20)19-9-7-12(8-10-19)14-6-5-13(18)11-15(14)21-4/h5-7,11H,8-10H2,1-4H3. The zero-order valence-corrected chi connectivity index (χ0v) is 14.2. The zero-order valence-electron chi connectivity index (χ0n) is 13.5. The number of hydrogen-bond donors (Lipinski definition) is 0. The number of rotatable bonds is 2. The van der Waals surface area contributed by atoms with Crippen molar-refractivity contribution in [1.82, 2.24) is 4.90 Å². The molecule has 1 aromatic rings. The predicted molar refractivity (Wildman–Crippen MR) is 88.4 cm³/mol. The van der Waals surface area contributed by atoms with E-state index in [1.54, 1.807) is 18.1 Å². The van der Waals surface area contributed by atoms with Crippen LogP contribution in [-0.2, 0) is 4.74 Å². The monoisotopic (exact) mass is 323 g/mol. The van der Waals surface area contributed by atoms with Gasteiger partial charge in [0.25, 0.3) is 0 Å². The van der Waals surface area contributed by atoms with Crippen molar-refractivity contribution in [3.8, 4) is 5.75 Å². The number of ether oxygens (including phenoxy) is 2. The van der Waals surface area contributed by atoms with E-state index in [-0.39, 0.29) is 6.09 Å². The third-order valence-corrected chi connectivity index (χ3v) is 3.61. The summed E-state index contributed by atoms with van der Waals surface area (Å²) in [5.41, 5.74) is 1.71. The molecule has 0 aliphatic carbocycles. The lowest BCUT2D eigenvalue weighted by molar-refractivity contribution is 0.0270. The molecule has 5 heteroatoms. The first-order valence-corrected chi connectivity index (χ1v) is 7.69. The molecule has 1 aliphatic heterocycles. The summed E-state index contributed by atoms with van der Waals surface area (Å²) in [5.74, 6) is 0.754. The van der Waals surface area contributed by atoms with E-state index in [0.29, 0.717) is 18.1 Å². The largest absolute Gasteiger partial charge is 0.496 e. The molecule has 0 aromatic heterocycles. The van der Waals surface area contributed by atoms with Gasteiger partial charge in [0.15, 0.2) is 0 Å². The first-order valence-electron chi connectivity index (χ1n) is 7.31. The van der Waals surface area contributed by atoms with Gasteiger partial charge in [-0.25, -0.2) is 4.79 Å². The SMILES string of the molecule is COc1cc(Cl)ccc1C1=CCN(C(=O)OC(C)(C)C)CC1. The van der Waals surface area contributed by atoms with E-state index < -0.39 is 5.60 Å². The van der Waals surface area contributed by atoms with Crippen LogP contribution in [0.5, 0.6) is 5.75 Å². The number of amides is 1. The Morgan fingerprint density at radius 3 is 2.59 bits per heavy atom. The first-order chi connectivity index (χ1) is 10.3. The van der Waals surface area contributed by atoms with Crippen LogP contribution in [-0.4, -0.2) is 36.8 Å². The fourth-order valence-electron chi connectivity index (χ4n) is 2.34. The number of carbonyl (C=O) groups is 1. The Bertz CT molecular complexity index is 590. The summed E-state index contributed by atoms with van der Waals surface area (Å²) in [5, 5.41) is 0.646. The number of benzene rings is 1. The van der Waals surface area contributed by atoms with Gasteiger partial charge >= 0.3 is 6.09 Å². The van der Waals surface area contributed by atoms with Gasteiger partial charge in [0.1, 0.15) is 11.4 Å². The Hall–Kier alpha value is -1.68. The summed E-state index contributed by atoms with van der Waals surface area (Å²) < 4.78 is 10.8. The quantitative estimate of drug-likeness (QED) is 0.811. The lowest BCUT2D eigenvalue weighted by Gasteiger charge is -2.30. The van der Waals surface area contributed by atoms with Crippen LogP contribution in [0.25, 0.3) is 5.57 Å². The molecule has 120 valence electrons. The minimum atomic E-state index is -0.472. The second kappa shape index (κ2) is 6.61. The molecule has 0 saturated carbocycles. The summed E-state index contributed by atoms with van der Waals surface area (Å²) in [6.45, 7) is 6.78. The normalized spacial score (nSPS) is 15.3. The molecule has 1 aromatic carbocycles. The van der Waals surface area contributed by atoms with Crippen molar-refractivity contribution in [2.24, 2.45) is 0 Å². The Morgan fingerprint density at radius 1 is 1.32 bits per heavy atom. The third-order valence-electron chi connectivity index (χ3n) is 3.37. The van der Waals surface area contributed by atoms with Gasteiger partial charge in [0, 0.05) is 23.7 Å². The molecule has 0 saturated heterocycles. The maximum absolute atomic E-state index is 12.1. The summed E-state index contributed by atoms with van der Waals surface area (Å²) in [6.07, 6.45) is 2.53. The summed E-state index contributed by atoms with van der Waals surface area (Å²) >= 11 is 5.99. The van der Waals surface area contributed by atoms with Crippen molar-refractivity contribution in [3.05, 3.63) is 34.9 Å². The maximum Gasteiger partial charge on any atom is 0.410 e. The van der Waals surface area contributed by atoms with E-state index in [4.69, 9.17) is 21.1 Å². The average Bonchev–Trinajstić information content (AvgIpc) is 2.45. The van der Waals surface area contributed by atoms with Crippen LogP contribution in [0, 0.1) is 0 Å². The number of methoxy groups -OCH3 is 1. The van der Waals surface area contributed by atoms with Gasteiger partial charge in [-0.15, -0.1) is 0 Å². The van der Waals surface area contributed by atoms with Crippen LogP contribution in [0.15, 0.2) is 24.3 Å². The number of halogens is 1. The van der Waals surface area contributed by atoms with E-state index in [9.17, 15) is 4.79 Å². The topological polar surface area (TPSA) is 38.8 Å². The lowest BCUT2D eigenvalue weighted by Crippen LogP contribution is -2.39. The van der Waals surface area contributed by atoms with E-state index in [1.165, 1.54) is 0 Å². The van der Waals surface area contributed by atoms with Crippen LogP contribution in [0.2, 0.25) is 5.02 Å². The Morgan fingerprint density at radius 2 is 2.05 bits per heavy atom. The molecule has 4 nitrogen and oxygen atoms in total. The lowest BCUT2D eigenvalue weighted by atomic mass is 9.99. The highest BCUT2D eigenvalue weighted by Gasteiger charge is 2.24. The van der Waals surface area contributed by atoms with Crippen LogP contribution in [0.4, 0.5) is 4.79 Å². The molecule has 1 amide bonds. The molecule has 0 fully saturated rings. The summed E-state index contributed by atoms with van der Waals surface area (Å²) in [4.78, 5) is 13.8. The van der Waals surface area contributed by atoms with Gasteiger partial charge in [-0.2, -0.15) is 0 Å². The minimum Gasteiger partial charge on any atom is -0.496 e. The molecule has 0 atom stereocenters. The van der Waals surface area contributed by atoms with Gasteiger partial charge < -0.3 is 14.4 Å². The molecule has 0 bridgehead atoms. The number of carbonyl (C=O) groups excluding carboxylic acids is 1. The van der Waals surface area contributed by atoms with Gasteiger partial charge in [-0.3, -0.25) is 0 Å². The highest BCUT2D eigenvalue weighted by Crippen LogP contribution is 2.32. The van der Waals surface area contributed by atoms with E-state index in [0.717, 1.165) is 23.3 Å². The Balaban J connectivity index is 2.10. The molecule has 1 aliphatic rings. The zero-order chi connectivity index (χ0) is 16.3. The van der Waals surface area contributed by atoms with E-state index in [1.807, 2.05) is 39.0 Å². The molecular formula is C17H22ClNO3. The van der Waals surface area contributed by atoms with Crippen LogP contribution >= 0.6 is 11.6 Å². The van der Waals surface area contributed by atoms with E-state index in [2.05, 4.69) is 0 Å². The van der Waals surface area contributed by atoms with Gasteiger partial charge in [0.2, 0.25) is 0 Å². The second-order valence-corrected chi connectivity index (χ2v) is 6.69. The van der Waals surface area contributed by atoms with Crippen molar-refractivity contribution in [3.63, 3.8) is 0 Å². The third kappa shape index (κ3) is 4.17. The molecule has 0 N–H and O–H groups in total. The minimum absolute atomic E-state index is 0.272. The van der Waals surface area contributed by atoms with Gasteiger partial charge in [0.05, 0.1) is 7.11 Å². The summed E-state index contributed by atoms with van der Waals surface area (Å²) in [7, 11) is 1.63. The molecule has 2 rings (SSSR count). The first kappa shape index (κ1) is 16.7. The molecule has 0 spiro atoms. The highest BCUT2D eigenvalue weighted by atomic mass is 35.5. The molecule has 0 unspecified atom stereocenters. The average molecular weight is 324 g/mol. The molecule has 22 heavy (non-hydrogen) atoms.